The summed E-state index contributed by atoms with van der Waals surface area (Å²) in [6.07, 6.45) is 3.76. The fourth-order valence-corrected chi connectivity index (χ4v) is 3.78. The smallest absolute Gasteiger partial charge is 0.248 e. The van der Waals surface area contributed by atoms with Gasteiger partial charge < -0.3 is 24.4 Å². The van der Waals surface area contributed by atoms with Gasteiger partial charge in [-0.05, 0) is 45.6 Å². The molecule has 1 N–H and O–H groups in total. The third kappa shape index (κ3) is 6.25. The van der Waals surface area contributed by atoms with Crippen LogP contribution in [0.4, 0.5) is 5.69 Å². The van der Waals surface area contributed by atoms with Crippen molar-refractivity contribution in [2.45, 2.75) is 20.3 Å². The highest BCUT2D eigenvalue weighted by Gasteiger charge is 2.20. The minimum atomic E-state index is -0.305. The Balaban J connectivity index is 2.15. The molecule has 3 rings (SSSR count). The van der Waals surface area contributed by atoms with Crippen molar-refractivity contribution < 1.29 is 19.0 Å². The molecule has 0 fully saturated rings. The van der Waals surface area contributed by atoms with Crippen molar-refractivity contribution in [2.24, 2.45) is 0 Å². The molecule has 0 saturated carbocycles. The number of nitrogens with one attached hydrogen (secondary N) is 1. The number of aromatic nitrogens is 1. The highest BCUT2D eigenvalue weighted by molar-refractivity contribution is 6.32. The average Bonchev–Trinajstić information content (AvgIpc) is 2.84. The van der Waals surface area contributed by atoms with Gasteiger partial charge in [0.15, 0.2) is 5.75 Å². The summed E-state index contributed by atoms with van der Waals surface area (Å²) >= 11 is 6.29. The number of amides is 1. The summed E-state index contributed by atoms with van der Waals surface area (Å²) in [7, 11) is 5.36. The van der Waals surface area contributed by atoms with Crippen LogP contribution in [0.5, 0.6) is 23.0 Å². The molecule has 0 saturated heterocycles. The van der Waals surface area contributed by atoms with E-state index in [2.05, 4.69) is 16.4 Å². The van der Waals surface area contributed by atoms with E-state index in [1.54, 1.807) is 36.4 Å². The summed E-state index contributed by atoms with van der Waals surface area (Å²) in [6.45, 7) is 4.80. The Morgan fingerprint density at radius 3 is 2.61 bits per heavy atom. The third-order valence-electron chi connectivity index (χ3n) is 5.20. The first-order chi connectivity index (χ1) is 17.3. The highest BCUT2D eigenvalue weighted by atomic mass is 35.5. The zero-order chi connectivity index (χ0) is 26.2. The molecule has 36 heavy (non-hydrogen) atoms. The third-order valence-corrected chi connectivity index (χ3v) is 5.50. The van der Waals surface area contributed by atoms with Crippen LogP contribution in [0.25, 0.3) is 10.9 Å². The van der Waals surface area contributed by atoms with Gasteiger partial charge in [-0.3, -0.25) is 9.78 Å². The number of carbonyl (C=O) groups excluding carboxylic acids is 1. The van der Waals surface area contributed by atoms with Gasteiger partial charge >= 0.3 is 0 Å². The van der Waals surface area contributed by atoms with Gasteiger partial charge in [0, 0.05) is 30.1 Å². The predicted molar refractivity (Wildman–Crippen MR) is 141 cm³/mol. The minimum absolute atomic E-state index is 0.305. The molecule has 0 aliphatic heterocycles. The summed E-state index contributed by atoms with van der Waals surface area (Å²) in [5, 5.41) is 13.8. The van der Waals surface area contributed by atoms with E-state index in [-0.39, 0.29) is 5.91 Å². The largest absolute Gasteiger partial charge is 0.495 e. The molecule has 1 amide bonds. The molecule has 0 bridgehead atoms. The SMILES string of the molecule is CCOc1cc2nc(CC)c(C#N)c(Oc3ccc(OC)c(Cl)c3)c2cc1NC(=O)/C=C/CN(C)C. The number of hydrogen-bond donors (Lipinski definition) is 1. The van der Waals surface area contributed by atoms with Crippen LogP contribution in [-0.4, -0.2) is 50.1 Å². The van der Waals surface area contributed by atoms with E-state index in [4.69, 9.17) is 25.8 Å². The lowest BCUT2D eigenvalue weighted by molar-refractivity contribution is -0.111. The van der Waals surface area contributed by atoms with Gasteiger partial charge in [-0.15, -0.1) is 0 Å². The fourth-order valence-electron chi connectivity index (χ4n) is 3.53. The van der Waals surface area contributed by atoms with Crippen molar-refractivity contribution in [3.63, 3.8) is 0 Å². The van der Waals surface area contributed by atoms with E-state index in [1.807, 2.05) is 32.8 Å². The normalized spacial score (nSPS) is 11.1. The molecule has 0 unspecified atom stereocenters. The first-order valence-corrected chi connectivity index (χ1v) is 11.9. The molecular formula is C27H29ClN4O4. The standard InChI is InChI=1S/C27H29ClN4O4/c1-6-21-19(16-29)27(36-17-10-11-24(34-5)20(28)13-17)18-14-23(25(35-7-2)15-22(18)30-21)31-26(33)9-8-12-32(3)4/h8-11,13-15H,6-7,12H2,1-5H3,(H,31,33)/b9-8+. The van der Waals surface area contributed by atoms with Crippen molar-refractivity contribution in [3.05, 3.63) is 58.8 Å². The van der Waals surface area contributed by atoms with Crippen LogP contribution >= 0.6 is 11.6 Å². The molecule has 0 radical (unpaired) electrons. The minimum Gasteiger partial charge on any atom is -0.495 e. The van der Waals surface area contributed by atoms with E-state index in [0.717, 1.165) is 0 Å². The number of fused-ring (bicyclic) bond motifs is 1. The zero-order valence-corrected chi connectivity index (χ0v) is 21.8. The summed E-state index contributed by atoms with van der Waals surface area (Å²) in [5.74, 6) is 1.42. The molecule has 8 nitrogen and oxygen atoms in total. The molecule has 9 heteroatoms. The fraction of sp³-hybridized carbons (Fsp3) is 0.296. The molecule has 188 valence electrons. The molecule has 2 aromatic carbocycles. The van der Waals surface area contributed by atoms with Crippen LogP contribution in [0.1, 0.15) is 25.1 Å². The number of hydrogen-bond acceptors (Lipinski definition) is 7. The van der Waals surface area contributed by atoms with Gasteiger partial charge in [0.2, 0.25) is 5.91 Å². The Kier molecular flexibility index (Phi) is 9.12. The van der Waals surface area contributed by atoms with Crippen LogP contribution < -0.4 is 19.5 Å². The first kappa shape index (κ1) is 26.8. The first-order valence-electron chi connectivity index (χ1n) is 11.5. The molecule has 0 aliphatic rings. The Hall–Kier alpha value is -3.80. The molecule has 0 atom stereocenters. The maximum absolute atomic E-state index is 12.6. The molecule has 1 heterocycles. The van der Waals surface area contributed by atoms with Crippen LogP contribution in [0.15, 0.2) is 42.5 Å². The van der Waals surface area contributed by atoms with Crippen LogP contribution in [0.3, 0.4) is 0 Å². The topological polar surface area (TPSA) is 96.7 Å². The number of aryl methyl sites for hydroxylation is 1. The molecule has 0 aliphatic carbocycles. The number of halogens is 1. The van der Waals surface area contributed by atoms with Crippen molar-refractivity contribution >= 4 is 34.1 Å². The lowest BCUT2D eigenvalue weighted by atomic mass is 10.0. The average molecular weight is 509 g/mol. The Morgan fingerprint density at radius 1 is 1.22 bits per heavy atom. The summed E-state index contributed by atoms with van der Waals surface area (Å²) in [4.78, 5) is 19.2. The molecule has 1 aromatic heterocycles. The number of methoxy groups -OCH3 is 1. The number of likely N-dealkylation sites (N-methyl/N-ethyl adjacent to an activating group) is 1. The number of benzene rings is 2. The molecule has 3 aromatic rings. The van der Waals surface area contributed by atoms with Crippen molar-refractivity contribution in [1.82, 2.24) is 9.88 Å². The van der Waals surface area contributed by atoms with E-state index in [9.17, 15) is 10.1 Å². The quantitative estimate of drug-likeness (QED) is 0.357. The van der Waals surface area contributed by atoms with Gasteiger partial charge in [-0.1, -0.05) is 24.6 Å². The molecular weight excluding hydrogens is 480 g/mol. The zero-order valence-electron chi connectivity index (χ0n) is 21.0. The van der Waals surface area contributed by atoms with Crippen LogP contribution in [0, 0.1) is 11.3 Å². The van der Waals surface area contributed by atoms with Crippen LogP contribution in [-0.2, 0) is 11.2 Å². The lowest BCUT2D eigenvalue weighted by Gasteiger charge is -2.17. The van der Waals surface area contributed by atoms with Gasteiger partial charge in [0.05, 0.1) is 35.6 Å². The summed E-state index contributed by atoms with van der Waals surface area (Å²) < 4.78 is 17.2. The van der Waals surface area contributed by atoms with Crippen LogP contribution in [0.2, 0.25) is 5.02 Å². The number of nitrogens with zero attached hydrogens (tertiary/aromatic N) is 3. The number of pyridine rings is 1. The Morgan fingerprint density at radius 2 is 2.00 bits per heavy atom. The highest BCUT2D eigenvalue weighted by Crippen LogP contribution is 2.40. The number of carbonyl (C=O) groups is 1. The Labute approximate surface area is 216 Å². The lowest BCUT2D eigenvalue weighted by Crippen LogP contribution is -2.13. The summed E-state index contributed by atoms with van der Waals surface area (Å²) in [5.41, 5.74) is 1.91. The van der Waals surface area contributed by atoms with Crippen molar-refractivity contribution in [1.29, 1.82) is 5.26 Å². The van der Waals surface area contributed by atoms with E-state index in [1.165, 1.54) is 13.2 Å². The molecule has 0 spiro atoms. The van der Waals surface area contributed by atoms with Crippen molar-refractivity contribution in [3.8, 4) is 29.1 Å². The predicted octanol–water partition coefficient (Wildman–Crippen LogP) is 5.58. The summed E-state index contributed by atoms with van der Waals surface area (Å²) in [6, 6.07) is 10.7. The van der Waals surface area contributed by atoms with Gasteiger partial charge in [-0.2, -0.15) is 5.26 Å². The maximum Gasteiger partial charge on any atom is 0.248 e. The Bertz CT molecular complexity index is 1330. The van der Waals surface area contributed by atoms with Gasteiger partial charge in [0.25, 0.3) is 0 Å². The second-order valence-corrected chi connectivity index (χ2v) is 8.49. The van der Waals surface area contributed by atoms with Crippen molar-refractivity contribution in [2.75, 3.05) is 39.7 Å². The van der Waals surface area contributed by atoms with Gasteiger partial charge in [0.1, 0.15) is 28.9 Å². The van der Waals surface area contributed by atoms with E-state index in [0.29, 0.717) is 75.4 Å². The van der Waals surface area contributed by atoms with E-state index >= 15 is 0 Å². The van der Waals surface area contributed by atoms with E-state index < -0.39 is 0 Å². The number of nitriles is 1. The van der Waals surface area contributed by atoms with Gasteiger partial charge in [-0.25, -0.2) is 0 Å². The second kappa shape index (κ2) is 12.2. The monoisotopic (exact) mass is 508 g/mol. The second-order valence-electron chi connectivity index (χ2n) is 8.08. The number of ether oxygens (including phenoxy) is 3. The number of anilines is 1. The maximum atomic E-state index is 12.6. The number of rotatable bonds is 10.